The standard InChI is InChI=1S/C19H27N3O3Si/c1-19(2,3)26(4,5)25-10-9-13-7-6-8-14(11-13)15-12-21-17(20)16(22-15)18(23)24/h6-8,11-12H,9-10H2,1-5H3,(H2,20,21)(H,23,24). The third-order valence-corrected chi connectivity index (χ3v) is 9.42. The van der Waals surface area contributed by atoms with Gasteiger partial charge >= 0.3 is 5.97 Å². The Labute approximate surface area is 155 Å². The van der Waals surface area contributed by atoms with Gasteiger partial charge in [0.1, 0.15) is 0 Å². The molecule has 0 fully saturated rings. The van der Waals surface area contributed by atoms with Crippen molar-refractivity contribution in [3.8, 4) is 11.3 Å². The molecule has 0 atom stereocenters. The Bertz CT molecular complexity index is 801. The van der Waals surface area contributed by atoms with E-state index in [0.29, 0.717) is 12.3 Å². The van der Waals surface area contributed by atoms with Crippen molar-refractivity contribution < 1.29 is 14.3 Å². The maximum atomic E-state index is 11.2. The topological polar surface area (TPSA) is 98.3 Å². The molecule has 0 aliphatic carbocycles. The molecule has 0 bridgehead atoms. The molecule has 0 unspecified atom stereocenters. The van der Waals surface area contributed by atoms with Gasteiger partial charge in [-0.25, -0.2) is 14.8 Å². The average molecular weight is 374 g/mol. The van der Waals surface area contributed by atoms with E-state index < -0.39 is 14.3 Å². The van der Waals surface area contributed by atoms with Gasteiger partial charge in [0.25, 0.3) is 0 Å². The summed E-state index contributed by atoms with van der Waals surface area (Å²) in [5.74, 6) is -1.27. The van der Waals surface area contributed by atoms with Crippen molar-refractivity contribution in [2.45, 2.75) is 45.3 Å². The number of aromatic carboxylic acids is 1. The van der Waals surface area contributed by atoms with Crippen LogP contribution in [-0.4, -0.2) is 36.0 Å². The lowest BCUT2D eigenvalue weighted by Gasteiger charge is -2.36. The number of aromatic nitrogens is 2. The van der Waals surface area contributed by atoms with Gasteiger partial charge in [0.05, 0.1) is 11.9 Å². The molecule has 1 aromatic carbocycles. The number of nitrogens with two attached hydrogens (primary N) is 1. The molecular weight excluding hydrogens is 346 g/mol. The monoisotopic (exact) mass is 373 g/mol. The number of nitrogen functional groups attached to an aromatic ring is 1. The molecule has 3 N–H and O–H groups in total. The van der Waals surface area contributed by atoms with E-state index in [9.17, 15) is 4.79 Å². The third-order valence-electron chi connectivity index (χ3n) is 4.89. The highest BCUT2D eigenvalue weighted by Gasteiger charge is 2.36. The quantitative estimate of drug-likeness (QED) is 0.743. The van der Waals surface area contributed by atoms with Gasteiger partial charge in [-0.3, -0.25) is 0 Å². The molecule has 1 aromatic heterocycles. The minimum atomic E-state index is -1.76. The summed E-state index contributed by atoms with van der Waals surface area (Å²) in [7, 11) is -1.76. The van der Waals surface area contributed by atoms with Gasteiger partial charge in [-0.2, -0.15) is 0 Å². The van der Waals surface area contributed by atoms with Crippen molar-refractivity contribution in [2.75, 3.05) is 12.3 Å². The zero-order chi connectivity index (χ0) is 19.5. The molecule has 1 heterocycles. The van der Waals surface area contributed by atoms with E-state index in [1.54, 1.807) is 0 Å². The van der Waals surface area contributed by atoms with Crippen molar-refractivity contribution in [3.05, 3.63) is 41.7 Å². The largest absolute Gasteiger partial charge is 0.476 e. The van der Waals surface area contributed by atoms with E-state index in [1.807, 2.05) is 24.3 Å². The number of rotatable bonds is 6. The molecule has 2 rings (SSSR count). The summed E-state index contributed by atoms with van der Waals surface area (Å²) in [5.41, 5.74) is 7.75. The fourth-order valence-electron chi connectivity index (χ4n) is 2.22. The molecule has 0 radical (unpaired) electrons. The highest BCUT2D eigenvalue weighted by Crippen LogP contribution is 2.36. The first-order valence-corrected chi connectivity index (χ1v) is 11.5. The number of benzene rings is 1. The molecule has 140 valence electrons. The van der Waals surface area contributed by atoms with Crippen LogP contribution in [0.25, 0.3) is 11.3 Å². The van der Waals surface area contributed by atoms with Gasteiger partial charge in [0.2, 0.25) is 0 Å². The number of carbonyl (C=O) groups is 1. The van der Waals surface area contributed by atoms with Gasteiger partial charge < -0.3 is 15.3 Å². The lowest BCUT2D eigenvalue weighted by atomic mass is 10.1. The maximum Gasteiger partial charge on any atom is 0.358 e. The predicted molar refractivity (Wildman–Crippen MR) is 106 cm³/mol. The lowest BCUT2D eigenvalue weighted by molar-refractivity contribution is 0.0691. The first kappa shape index (κ1) is 20.1. The fraction of sp³-hybridized carbons (Fsp3) is 0.421. The van der Waals surface area contributed by atoms with Crippen LogP contribution in [0.2, 0.25) is 18.1 Å². The first-order chi connectivity index (χ1) is 12.0. The molecule has 0 saturated heterocycles. The fourth-order valence-corrected chi connectivity index (χ4v) is 3.27. The molecule has 0 saturated carbocycles. The van der Waals surface area contributed by atoms with Gasteiger partial charge in [-0.1, -0.05) is 39.0 Å². The van der Waals surface area contributed by atoms with Crippen LogP contribution in [0, 0.1) is 0 Å². The molecule has 0 spiro atoms. The summed E-state index contributed by atoms with van der Waals surface area (Å²) in [6.45, 7) is 11.8. The van der Waals surface area contributed by atoms with E-state index in [1.165, 1.54) is 6.20 Å². The number of anilines is 1. The molecule has 7 heteroatoms. The number of hydrogen-bond acceptors (Lipinski definition) is 5. The normalized spacial score (nSPS) is 12.2. The van der Waals surface area contributed by atoms with E-state index in [4.69, 9.17) is 15.3 Å². The summed E-state index contributed by atoms with van der Waals surface area (Å²) in [6.07, 6.45) is 2.28. The first-order valence-electron chi connectivity index (χ1n) is 8.60. The van der Waals surface area contributed by atoms with Crippen LogP contribution < -0.4 is 5.73 Å². The molecule has 6 nitrogen and oxygen atoms in total. The third kappa shape index (κ3) is 4.67. The number of carboxylic acids is 1. The Morgan fingerprint density at radius 1 is 1.31 bits per heavy atom. The molecule has 0 aliphatic rings. The predicted octanol–water partition coefficient (Wildman–Crippen LogP) is 3.99. The molecule has 0 amide bonds. The van der Waals surface area contributed by atoms with Crippen LogP contribution in [0.5, 0.6) is 0 Å². The Hall–Kier alpha value is -2.25. The maximum absolute atomic E-state index is 11.2. The van der Waals surface area contributed by atoms with Crippen LogP contribution in [0.3, 0.4) is 0 Å². The van der Waals surface area contributed by atoms with Crippen molar-refractivity contribution >= 4 is 20.1 Å². The SMILES string of the molecule is CC(C)(C)[Si](C)(C)OCCc1cccc(-c2cnc(N)c(C(=O)O)n2)c1. The second-order valence-corrected chi connectivity index (χ2v) is 12.7. The smallest absolute Gasteiger partial charge is 0.358 e. The van der Waals surface area contributed by atoms with E-state index >= 15 is 0 Å². The van der Waals surface area contributed by atoms with Gasteiger partial charge in [-0.05, 0) is 36.2 Å². The summed E-state index contributed by atoms with van der Waals surface area (Å²) >= 11 is 0. The highest BCUT2D eigenvalue weighted by molar-refractivity contribution is 6.74. The highest BCUT2D eigenvalue weighted by atomic mass is 28.4. The van der Waals surface area contributed by atoms with Crippen LogP contribution in [0.1, 0.15) is 36.8 Å². The van der Waals surface area contributed by atoms with Crippen molar-refractivity contribution in [1.29, 1.82) is 0 Å². The summed E-state index contributed by atoms with van der Waals surface area (Å²) in [6, 6.07) is 7.82. The minimum Gasteiger partial charge on any atom is -0.476 e. The number of carboxylic acid groups (broad SMARTS) is 1. The second-order valence-electron chi connectivity index (χ2n) is 7.85. The van der Waals surface area contributed by atoms with Gasteiger partial charge in [-0.15, -0.1) is 0 Å². The van der Waals surface area contributed by atoms with Crippen molar-refractivity contribution in [1.82, 2.24) is 9.97 Å². The Kier molecular flexibility index (Phi) is 5.83. The Morgan fingerprint density at radius 3 is 2.62 bits per heavy atom. The number of hydrogen-bond donors (Lipinski definition) is 2. The average Bonchev–Trinajstić information content (AvgIpc) is 2.54. The zero-order valence-corrected chi connectivity index (χ0v) is 17.0. The van der Waals surface area contributed by atoms with E-state index in [0.717, 1.165) is 17.5 Å². The van der Waals surface area contributed by atoms with Gasteiger partial charge in [0.15, 0.2) is 19.8 Å². The van der Waals surface area contributed by atoms with Crippen LogP contribution >= 0.6 is 0 Å². The van der Waals surface area contributed by atoms with Crippen molar-refractivity contribution in [3.63, 3.8) is 0 Å². The summed E-state index contributed by atoms with van der Waals surface area (Å²) in [5, 5.41) is 9.34. The Morgan fingerprint density at radius 2 is 2.00 bits per heavy atom. The molecule has 26 heavy (non-hydrogen) atoms. The van der Waals surface area contributed by atoms with Crippen LogP contribution in [0.15, 0.2) is 30.5 Å². The zero-order valence-electron chi connectivity index (χ0n) is 16.0. The van der Waals surface area contributed by atoms with Gasteiger partial charge in [0, 0.05) is 12.2 Å². The minimum absolute atomic E-state index is 0.0832. The summed E-state index contributed by atoms with van der Waals surface area (Å²) < 4.78 is 6.23. The number of nitrogens with zero attached hydrogens (tertiary/aromatic N) is 2. The van der Waals surface area contributed by atoms with E-state index in [2.05, 4.69) is 43.8 Å². The molecular formula is C19H27N3O3Si. The Balaban J connectivity index is 2.14. The van der Waals surface area contributed by atoms with Crippen molar-refractivity contribution in [2.24, 2.45) is 0 Å². The second kappa shape index (κ2) is 7.55. The summed E-state index contributed by atoms with van der Waals surface area (Å²) in [4.78, 5) is 19.3. The van der Waals surface area contributed by atoms with E-state index in [-0.39, 0.29) is 16.6 Å². The van der Waals surface area contributed by atoms with Crippen LogP contribution in [0.4, 0.5) is 5.82 Å². The van der Waals surface area contributed by atoms with Crippen LogP contribution in [-0.2, 0) is 10.8 Å². The molecule has 0 aliphatic heterocycles. The molecule has 2 aromatic rings. The lowest BCUT2D eigenvalue weighted by Crippen LogP contribution is -2.41.